The second-order valence-electron chi connectivity index (χ2n) is 2.62. The minimum absolute atomic E-state index is 0.428. The fourth-order valence-corrected chi connectivity index (χ4v) is 1.68. The Bertz CT molecular complexity index is 387. The lowest BCUT2D eigenvalue weighted by atomic mass is 10.2. The summed E-state index contributed by atoms with van der Waals surface area (Å²) in [5.74, 6) is -3.57. The maximum Gasteiger partial charge on any atom is 0.331 e. The number of hydrogen-bond acceptors (Lipinski definition) is 4. The number of primary amides is 1. The van der Waals surface area contributed by atoms with E-state index in [1.165, 1.54) is 11.3 Å². The van der Waals surface area contributed by atoms with Gasteiger partial charge in [-0.05, 0) is 11.4 Å². The van der Waals surface area contributed by atoms with Crippen molar-refractivity contribution in [2.75, 3.05) is 0 Å². The van der Waals surface area contributed by atoms with Gasteiger partial charge in [-0.15, -0.1) is 11.3 Å². The molecule has 6 nitrogen and oxygen atoms in total. The number of aliphatic carboxylic acids is 1. The molecule has 0 aliphatic carbocycles. The van der Waals surface area contributed by atoms with Gasteiger partial charge >= 0.3 is 17.8 Å². The second-order valence-corrected chi connectivity index (χ2v) is 3.60. The fourth-order valence-electron chi connectivity index (χ4n) is 0.912. The van der Waals surface area contributed by atoms with Crippen molar-refractivity contribution < 1.29 is 19.5 Å². The van der Waals surface area contributed by atoms with Crippen LogP contribution in [0.15, 0.2) is 17.5 Å². The highest BCUT2D eigenvalue weighted by molar-refractivity contribution is 7.10. The Kier molecular flexibility index (Phi) is 3.40. The molecule has 0 fully saturated rings. The molecule has 1 aromatic rings. The summed E-state index contributed by atoms with van der Waals surface area (Å²) in [6.07, 6.45) is 0. The predicted octanol–water partition coefficient (Wildman–Crippen LogP) is -0.525. The molecule has 15 heavy (non-hydrogen) atoms. The fraction of sp³-hybridized carbons (Fsp3) is 0.125. The SMILES string of the molecule is NC(=O)C(=O)NC(C(=O)O)c1cccs1. The van der Waals surface area contributed by atoms with Crippen LogP contribution in [0.3, 0.4) is 0 Å². The van der Waals surface area contributed by atoms with Gasteiger partial charge in [-0.3, -0.25) is 9.59 Å². The normalized spacial score (nSPS) is 11.7. The molecule has 0 bridgehead atoms. The minimum atomic E-state index is -1.24. The standard InChI is InChI=1S/C8H8N2O4S/c9-6(11)7(12)10-5(8(13)14)4-2-1-3-15-4/h1-3,5H,(H2,9,11)(H,10,12)(H,13,14). The van der Waals surface area contributed by atoms with Gasteiger partial charge in [-0.25, -0.2) is 4.79 Å². The first-order valence-electron chi connectivity index (χ1n) is 3.89. The number of carbonyl (C=O) groups is 3. The molecule has 0 aliphatic heterocycles. The van der Waals surface area contributed by atoms with Gasteiger partial charge in [-0.1, -0.05) is 6.07 Å². The number of thiophene rings is 1. The van der Waals surface area contributed by atoms with E-state index in [1.54, 1.807) is 17.5 Å². The summed E-state index contributed by atoms with van der Waals surface area (Å²) in [5.41, 5.74) is 4.70. The molecule has 0 spiro atoms. The third kappa shape index (κ3) is 2.78. The Balaban J connectivity index is 2.81. The molecule has 1 heterocycles. The summed E-state index contributed by atoms with van der Waals surface area (Å²) < 4.78 is 0. The average Bonchev–Trinajstić information content (AvgIpc) is 2.65. The van der Waals surface area contributed by atoms with Crippen LogP contribution >= 0.6 is 11.3 Å². The highest BCUT2D eigenvalue weighted by atomic mass is 32.1. The molecule has 4 N–H and O–H groups in total. The number of rotatable bonds is 3. The highest BCUT2D eigenvalue weighted by Gasteiger charge is 2.24. The van der Waals surface area contributed by atoms with Gasteiger partial charge in [0.1, 0.15) is 0 Å². The molecule has 1 unspecified atom stereocenters. The molecule has 1 aromatic heterocycles. The van der Waals surface area contributed by atoms with Gasteiger partial charge in [0.25, 0.3) is 0 Å². The lowest BCUT2D eigenvalue weighted by Crippen LogP contribution is -2.40. The number of carboxylic acids is 1. The zero-order chi connectivity index (χ0) is 11.4. The number of hydrogen-bond donors (Lipinski definition) is 3. The van der Waals surface area contributed by atoms with Crippen LogP contribution in [-0.2, 0) is 14.4 Å². The number of nitrogens with one attached hydrogen (secondary N) is 1. The van der Waals surface area contributed by atoms with Gasteiger partial charge in [0.05, 0.1) is 0 Å². The summed E-state index contributed by atoms with van der Waals surface area (Å²) >= 11 is 1.17. The second kappa shape index (κ2) is 4.56. The van der Waals surface area contributed by atoms with Gasteiger partial charge in [0.15, 0.2) is 6.04 Å². The summed E-state index contributed by atoms with van der Waals surface area (Å²) in [6.45, 7) is 0. The van der Waals surface area contributed by atoms with E-state index in [4.69, 9.17) is 10.8 Å². The van der Waals surface area contributed by atoms with E-state index < -0.39 is 23.8 Å². The van der Waals surface area contributed by atoms with Crippen molar-refractivity contribution in [3.8, 4) is 0 Å². The Morgan fingerprint density at radius 1 is 1.47 bits per heavy atom. The molecule has 0 saturated carbocycles. The van der Waals surface area contributed by atoms with Crippen molar-refractivity contribution in [3.05, 3.63) is 22.4 Å². The molecule has 0 saturated heterocycles. The van der Waals surface area contributed by atoms with Crippen molar-refractivity contribution in [2.24, 2.45) is 5.73 Å². The van der Waals surface area contributed by atoms with E-state index in [9.17, 15) is 14.4 Å². The van der Waals surface area contributed by atoms with Crippen LogP contribution in [0.4, 0.5) is 0 Å². The molecular formula is C8H8N2O4S. The highest BCUT2D eigenvalue weighted by Crippen LogP contribution is 2.18. The Hall–Kier alpha value is -1.89. The predicted molar refractivity (Wildman–Crippen MR) is 52.0 cm³/mol. The van der Waals surface area contributed by atoms with Crippen molar-refractivity contribution in [2.45, 2.75) is 6.04 Å². The van der Waals surface area contributed by atoms with Crippen LogP contribution in [0.5, 0.6) is 0 Å². The van der Waals surface area contributed by atoms with Gasteiger partial charge < -0.3 is 16.2 Å². The monoisotopic (exact) mass is 228 g/mol. The topological polar surface area (TPSA) is 109 Å². The van der Waals surface area contributed by atoms with Crippen LogP contribution in [0.1, 0.15) is 10.9 Å². The molecule has 1 atom stereocenters. The van der Waals surface area contributed by atoms with Crippen LogP contribution < -0.4 is 11.1 Å². The number of amides is 2. The van der Waals surface area contributed by atoms with Crippen molar-refractivity contribution in [1.82, 2.24) is 5.32 Å². The lowest BCUT2D eigenvalue weighted by molar-refractivity contribution is -0.144. The number of carbonyl (C=O) groups excluding carboxylic acids is 2. The Morgan fingerprint density at radius 2 is 2.13 bits per heavy atom. The van der Waals surface area contributed by atoms with Crippen LogP contribution in [-0.4, -0.2) is 22.9 Å². The van der Waals surface area contributed by atoms with Gasteiger partial charge in [0.2, 0.25) is 0 Å². The van der Waals surface area contributed by atoms with E-state index >= 15 is 0 Å². The minimum Gasteiger partial charge on any atom is -0.479 e. The maximum absolute atomic E-state index is 10.9. The maximum atomic E-state index is 10.9. The average molecular weight is 228 g/mol. The quantitative estimate of drug-likeness (QED) is 0.604. The van der Waals surface area contributed by atoms with E-state index in [0.717, 1.165) is 0 Å². The smallest absolute Gasteiger partial charge is 0.331 e. The molecule has 0 aliphatic rings. The summed E-state index contributed by atoms with van der Waals surface area (Å²) in [4.78, 5) is 32.6. The number of nitrogens with two attached hydrogens (primary N) is 1. The van der Waals surface area contributed by atoms with E-state index in [-0.39, 0.29) is 0 Å². The zero-order valence-electron chi connectivity index (χ0n) is 7.47. The molecule has 80 valence electrons. The first kappa shape index (κ1) is 11.2. The largest absolute Gasteiger partial charge is 0.479 e. The number of carboxylic acid groups (broad SMARTS) is 1. The van der Waals surface area contributed by atoms with Crippen molar-refractivity contribution in [3.63, 3.8) is 0 Å². The lowest BCUT2D eigenvalue weighted by Gasteiger charge is -2.10. The molecule has 7 heteroatoms. The van der Waals surface area contributed by atoms with Crippen molar-refractivity contribution in [1.29, 1.82) is 0 Å². The molecule has 2 amide bonds. The third-order valence-corrected chi connectivity index (χ3v) is 2.51. The van der Waals surface area contributed by atoms with Crippen LogP contribution in [0.2, 0.25) is 0 Å². The first-order valence-corrected chi connectivity index (χ1v) is 4.77. The first-order chi connectivity index (χ1) is 7.02. The van der Waals surface area contributed by atoms with Crippen LogP contribution in [0, 0.1) is 0 Å². The third-order valence-electron chi connectivity index (χ3n) is 1.57. The van der Waals surface area contributed by atoms with E-state index in [2.05, 4.69) is 0 Å². The summed E-state index contributed by atoms with van der Waals surface area (Å²) in [5, 5.41) is 12.5. The summed E-state index contributed by atoms with van der Waals surface area (Å²) in [7, 11) is 0. The molecular weight excluding hydrogens is 220 g/mol. The Morgan fingerprint density at radius 3 is 2.53 bits per heavy atom. The molecule has 1 rings (SSSR count). The Labute approximate surface area is 88.7 Å². The summed E-state index contributed by atoms with van der Waals surface area (Å²) in [6, 6.07) is 1.96. The van der Waals surface area contributed by atoms with Crippen molar-refractivity contribution >= 4 is 29.1 Å². The van der Waals surface area contributed by atoms with E-state index in [1.807, 2.05) is 5.32 Å². The van der Waals surface area contributed by atoms with E-state index in [0.29, 0.717) is 4.88 Å². The zero-order valence-corrected chi connectivity index (χ0v) is 8.28. The molecule has 0 radical (unpaired) electrons. The van der Waals surface area contributed by atoms with Gasteiger partial charge in [-0.2, -0.15) is 0 Å². The van der Waals surface area contributed by atoms with Gasteiger partial charge in [0, 0.05) is 4.88 Å². The molecule has 0 aromatic carbocycles. The van der Waals surface area contributed by atoms with Crippen LogP contribution in [0.25, 0.3) is 0 Å².